The molecule has 156 valence electrons. The molecule has 6 nitrogen and oxygen atoms in total. The second kappa shape index (κ2) is 10.5. The summed E-state index contributed by atoms with van der Waals surface area (Å²) in [6.07, 6.45) is 1.84. The monoisotopic (exact) mass is 423 g/mol. The second-order valence-electron chi connectivity index (χ2n) is 6.86. The Labute approximate surface area is 180 Å². The number of carbonyl (C=O) groups is 1. The normalized spacial score (nSPS) is 11.1. The summed E-state index contributed by atoms with van der Waals surface area (Å²) in [6, 6.07) is 15.8. The number of rotatable bonds is 9. The van der Waals surface area contributed by atoms with Gasteiger partial charge in [0.1, 0.15) is 11.5 Å². The van der Waals surface area contributed by atoms with E-state index in [9.17, 15) is 4.79 Å². The first kappa shape index (κ1) is 21.5. The Morgan fingerprint density at radius 1 is 1.20 bits per heavy atom. The van der Waals surface area contributed by atoms with E-state index in [1.54, 1.807) is 13.1 Å². The van der Waals surface area contributed by atoms with Gasteiger partial charge in [0.05, 0.1) is 24.9 Å². The number of anilines is 1. The lowest BCUT2D eigenvalue weighted by Crippen LogP contribution is -2.07. The van der Waals surface area contributed by atoms with Gasteiger partial charge < -0.3 is 9.47 Å². The van der Waals surface area contributed by atoms with Crippen LogP contribution in [0.5, 0.6) is 11.5 Å². The number of ether oxygens (including phenoxy) is 2. The molecule has 1 heterocycles. The number of carbonyl (C=O) groups excluding carboxylic acids is 1. The topological polar surface area (TPSA) is 72.8 Å². The third-order valence-electron chi connectivity index (χ3n) is 4.24. The summed E-state index contributed by atoms with van der Waals surface area (Å²) in [6.45, 7) is 6.47. The van der Waals surface area contributed by atoms with Crippen LogP contribution in [0, 0.1) is 0 Å². The smallest absolute Gasteiger partial charge is 0.311 e. The fraction of sp³-hybridized carbons (Fsp3) is 0.261. The molecule has 0 saturated carbocycles. The first-order valence-corrected chi connectivity index (χ1v) is 10.7. The lowest BCUT2D eigenvalue weighted by molar-refractivity contribution is -0.142. The van der Waals surface area contributed by atoms with Crippen LogP contribution in [-0.4, -0.2) is 23.8 Å². The SMILES string of the molecule is CCOC(=O)Cc1csc(NN=Cc2ccccc2Oc2ccc(C(C)C)cc2)n1. The molecular weight excluding hydrogens is 398 g/mol. The summed E-state index contributed by atoms with van der Waals surface area (Å²) >= 11 is 1.38. The minimum Gasteiger partial charge on any atom is -0.466 e. The average molecular weight is 424 g/mol. The minimum absolute atomic E-state index is 0.155. The van der Waals surface area contributed by atoms with Gasteiger partial charge in [0, 0.05) is 10.9 Å². The van der Waals surface area contributed by atoms with E-state index >= 15 is 0 Å². The number of benzene rings is 2. The molecule has 0 bridgehead atoms. The molecule has 1 aromatic heterocycles. The number of hydrogen-bond acceptors (Lipinski definition) is 7. The molecule has 3 rings (SSSR count). The van der Waals surface area contributed by atoms with E-state index in [1.807, 2.05) is 41.8 Å². The number of nitrogens with zero attached hydrogens (tertiary/aromatic N) is 2. The first-order chi connectivity index (χ1) is 14.5. The number of nitrogens with one attached hydrogen (secondary N) is 1. The van der Waals surface area contributed by atoms with Crippen LogP contribution in [0.4, 0.5) is 5.13 Å². The van der Waals surface area contributed by atoms with Crippen LogP contribution in [-0.2, 0) is 16.0 Å². The number of hydrogen-bond donors (Lipinski definition) is 1. The maximum Gasteiger partial charge on any atom is 0.311 e. The fourth-order valence-corrected chi connectivity index (χ4v) is 3.34. The Bertz CT molecular complexity index is 997. The highest BCUT2D eigenvalue weighted by Crippen LogP contribution is 2.26. The summed E-state index contributed by atoms with van der Waals surface area (Å²) in [5.41, 5.74) is 5.66. The largest absolute Gasteiger partial charge is 0.466 e. The Balaban J connectivity index is 1.62. The molecule has 0 spiro atoms. The van der Waals surface area contributed by atoms with Gasteiger partial charge in [0.2, 0.25) is 5.13 Å². The van der Waals surface area contributed by atoms with Gasteiger partial charge in [-0.25, -0.2) is 4.98 Å². The molecule has 0 aliphatic carbocycles. The maximum absolute atomic E-state index is 11.5. The van der Waals surface area contributed by atoms with Crippen molar-refractivity contribution in [3.8, 4) is 11.5 Å². The summed E-state index contributed by atoms with van der Waals surface area (Å²) < 4.78 is 11.0. The van der Waals surface area contributed by atoms with Crippen LogP contribution < -0.4 is 10.2 Å². The van der Waals surface area contributed by atoms with Gasteiger partial charge in [-0.05, 0) is 42.7 Å². The molecule has 0 saturated heterocycles. The van der Waals surface area contributed by atoms with E-state index in [2.05, 4.69) is 41.5 Å². The molecule has 0 fully saturated rings. The number of esters is 1. The zero-order valence-electron chi connectivity index (χ0n) is 17.3. The summed E-state index contributed by atoms with van der Waals surface area (Å²) in [5, 5.41) is 6.67. The van der Waals surface area contributed by atoms with Crippen molar-refractivity contribution in [1.29, 1.82) is 0 Å². The van der Waals surface area contributed by atoms with Crippen LogP contribution in [0.2, 0.25) is 0 Å². The quantitative estimate of drug-likeness (QED) is 0.275. The molecule has 0 aliphatic rings. The highest BCUT2D eigenvalue weighted by molar-refractivity contribution is 7.13. The van der Waals surface area contributed by atoms with Crippen molar-refractivity contribution in [2.45, 2.75) is 33.1 Å². The molecular formula is C23H25N3O3S. The summed E-state index contributed by atoms with van der Waals surface area (Å²) in [4.78, 5) is 15.9. The highest BCUT2D eigenvalue weighted by Gasteiger charge is 2.08. The van der Waals surface area contributed by atoms with E-state index < -0.39 is 0 Å². The Hall–Kier alpha value is -3.19. The molecule has 30 heavy (non-hydrogen) atoms. The van der Waals surface area contributed by atoms with Crippen LogP contribution in [0.25, 0.3) is 0 Å². The highest BCUT2D eigenvalue weighted by atomic mass is 32.1. The zero-order chi connectivity index (χ0) is 21.3. The first-order valence-electron chi connectivity index (χ1n) is 9.81. The maximum atomic E-state index is 11.5. The lowest BCUT2D eigenvalue weighted by atomic mass is 10.0. The van der Waals surface area contributed by atoms with Gasteiger partial charge in [0.25, 0.3) is 0 Å². The zero-order valence-corrected chi connectivity index (χ0v) is 18.1. The van der Waals surface area contributed by atoms with Crippen molar-refractivity contribution in [1.82, 2.24) is 4.98 Å². The van der Waals surface area contributed by atoms with Gasteiger partial charge in [-0.2, -0.15) is 5.10 Å². The van der Waals surface area contributed by atoms with Crippen LogP contribution >= 0.6 is 11.3 Å². The van der Waals surface area contributed by atoms with Crippen LogP contribution in [0.1, 0.15) is 43.5 Å². The number of para-hydroxylation sites is 1. The van der Waals surface area contributed by atoms with Crippen molar-refractivity contribution in [3.63, 3.8) is 0 Å². The van der Waals surface area contributed by atoms with Crippen molar-refractivity contribution >= 4 is 28.7 Å². The van der Waals surface area contributed by atoms with E-state index in [4.69, 9.17) is 9.47 Å². The number of aromatic nitrogens is 1. The third-order valence-corrected chi connectivity index (χ3v) is 5.04. The predicted octanol–water partition coefficient (Wildman–Crippen LogP) is 5.61. The third kappa shape index (κ3) is 6.15. The summed E-state index contributed by atoms with van der Waals surface area (Å²) in [5.74, 6) is 1.68. The van der Waals surface area contributed by atoms with E-state index in [1.165, 1.54) is 16.9 Å². The van der Waals surface area contributed by atoms with Crippen LogP contribution in [0.15, 0.2) is 59.0 Å². The molecule has 1 N–H and O–H groups in total. The average Bonchev–Trinajstić information content (AvgIpc) is 3.17. The molecule has 0 radical (unpaired) electrons. The Kier molecular flexibility index (Phi) is 7.57. The number of hydrazone groups is 1. The molecule has 3 aromatic rings. The van der Waals surface area contributed by atoms with Gasteiger partial charge >= 0.3 is 5.97 Å². The van der Waals surface area contributed by atoms with Crippen molar-refractivity contribution in [2.75, 3.05) is 12.0 Å². The van der Waals surface area contributed by atoms with Gasteiger partial charge in [-0.1, -0.05) is 38.1 Å². The van der Waals surface area contributed by atoms with Crippen molar-refractivity contribution in [2.24, 2.45) is 5.10 Å². The molecule has 0 amide bonds. The van der Waals surface area contributed by atoms with Gasteiger partial charge in [-0.3, -0.25) is 10.2 Å². The van der Waals surface area contributed by atoms with E-state index in [0.717, 1.165) is 11.3 Å². The molecule has 0 atom stereocenters. The minimum atomic E-state index is -0.287. The molecule has 0 aliphatic heterocycles. The van der Waals surface area contributed by atoms with Crippen molar-refractivity contribution < 1.29 is 14.3 Å². The van der Waals surface area contributed by atoms with Crippen molar-refractivity contribution in [3.05, 3.63) is 70.7 Å². The predicted molar refractivity (Wildman–Crippen MR) is 121 cm³/mol. The lowest BCUT2D eigenvalue weighted by Gasteiger charge is -2.10. The second-order valence-corrected chi connectivity index (χ2v) is 7.72. The van der Waals surface area contributed by atoms with E-state index in [0.29, 0.717) is 29.1 Å². The standard InChI is InChI=1S/C23H25N3O3S/c1-4-28-22(27)13-19-15-30-23(25-19)26-24-14-18-7-5-6-8-21(18)29-20-11-9-17(10-12-20)16(2)3/h5-12,14-16H,4,13H2,1-3H3,(H,25,26). The Morgan fingerprint density at radius 2 is 1.97 bits per heavy atom. The Morgan fingerprint density at radius 3 is 2.70 bits per heavy atom. The number of thiazole rings is 1. The summed E-state index contributed by atoms with van der Waals surface area (Å²) in [7, 11) is 0. The molecule has 7 heteroatoms. The molecule has 0 unspecified atom stereocenters. The van der Waals surface area contributed by atoms with Gasteiger partial charge in [0.15, 0.2) is 0 Å². The van der Waals surface area contributed by atoms with Gasteiger partial charge in [-0.15, -0.1) is 11.3 Å². The van der Waals surface area contributed by atoms with E-state index in [-0.39, 0.29) is 12.4 Å². The fourth-order valence-electron chi connectivity index (χ4n) is 2.68. The van der Waals surface area contributed by atoms with Crippen LogP contribution in [0.3, 0.4) is 0 Å². The molecule has 2 aromatic carbocycles.